The number of para-hydroxylation sites is 1. The number of anilines is 1. The van der Waals surface area contributed by atoms with Crippen LogP contribution in [0.1, 0.15) is 5.56 Å². The fourth-order valence-corrected chi connectivity index (χ4v) is 2.47. The molecule has 0 aliphatic heterocycles. The van der Waals surface area contributed by atoms with Crippen LogP contribution in [0.25, 0.3) is 0 Å². The van der Waals surface area contributed by atoms with E-state index in [9.17, 15) is 13.5 Å². The molecule has 0 amide bonds. The van der Waals surface area contributed by atoms with Gasteiger partial charge in [-0.25, -0.2) is 8.42 Å². The number of nitrogens with zero attached hydrogens (tertiary/aromatic N) is 1. The highest BCUT2D eigenvalue weighted by Crippen LogP contribution is 2.29. The first-order valence-electron chi connectivity index (χ1n) is 5.12. The molecule has 0 aliphatic carbocycles. The van der Waals surface area contributed by atoms with Crippen molar-refractivity contribution >= 4 is 27.1 Å². The van der Waals surface area contributed by atoms with Gasteiger partial charge in [0.25, 0.3) is 0 Å². The van der Waals surface area contributed by atoms with E-state index in [-0.39, 0.29) is 12.4 Å². The third kappa shape index (κ3) is 4.18. The molecule has 1 N–H and O–H groups in total. The zero-order chi connectivity index (χ0) is 13.1. The zero-order valence-corrected chi connectivity index (χ0v) is 11.4. The second-order valence-corrected chi connectivity index (χ2v) is 6.62. The topological polar surface area (TPSA) is 57.6 Å². The zero-order valence-electron chi connectivity index (χ0n) is 9.85. The minimum Gasteiger partial charge on any atom is -0.392 e. The van der Waals surface area contributed by atoms with E-state index in [1.807, 2.05) is 0 Å². The maximum absolute atomic E-state index is 11.1. The molecule has 1 aromatic carbocycles. The predicted octanol–water partition coefficient (Wildman–Crippen LogP) is 1.31. The lowest BCUT2D eigenvalue weighted by Crippen LogP contribution is -2.26. The maximum Gasteiger partial charge on any atom is 0.149 e. The summed E-state index contributed by atoms with van der Waals surface area (Å²) in [5.74, 6) is 0.0552. The Bertz CT molecular complexity index is 487. The number of rotatable bonds is 5. The van der Waals surface area contributed by atoms with Crippen LogP contribution < -0.4 is 4.90 Å². The molecule has 0 unspecified atom stereocenters. The van der Waals surface area contributed by atoms with Gasteiger partial charge >= 0.3 is 0 Å². The molecule has 0 aliphatic rings. The summed E-state index contributed by atoms with van der Waals surface area (Å²) < 4.78 is 22.2. The smallest absolute Gasteiger partial charge is 0.149 e. The SMILES string of the molecule is CN(CCS(C)(=O)=O)c1c(Cl)cccc1CO. The molecule has 0 saturated carbocycles. The van der Waals surface area contributed by atoms with Crippen LogP contribution in [-0.4, -0.2) is 39.1 Å². The summed E-state index contributed by atoms with van der Waals surface area (Å²) >= 11 is 6.05. The van der Waals surface area contributed by atoms with Gasteiger partial charge in [0, 0.05) is 25.4 Å². The lowest BCUT2D eigenvalue weighted by atomic mass is 10.1. The van der Waals surface area contributed by atoms with Gasteiger partial charge in [-0.3, -0.25) is 0 Å². The van der Waals surface area contributed by atoms with Gasteiger partial charge < -0.3 is 10.0 Å². The van der Waals surface area contributed by atoms with Crippen LogP contribution in [0.4, 0.5) is 5.69 Å². The third-order valence-corrected chi connectivity index (χ3v) is 3.65. The van der Waals surface area contributed by atoms with Crippen LogP contribution in [0.3, 0.4) is 0 Å². The van der Waals surface area contributed by atoms with Crippen molar-refractivity contribution in [2.45, 2.75) is 6.61 Å². The van der Waals surface area contributed by atoms with Gasteiger partial charge in [0.15, 0.2) is 0 Å². The number of halogens is 1. The number of benzene rings is 1. The molecule has 0 saturated heterocycles. The van der Waals surface area contributed by atoms with E-state index in [0.717, 1.165) is 0 Å². The van der Waals surface area contributed by atoms with Crippen LogP contribution in [0.2, 0.25) is 5.02 Å². The molecular formula is C11H16ClNO3S. The largest absolute Gasteiger partial charge is 0.392 e. The van der Waals surface area contributed by atoms with Crippen LogP contribution in [0.15, 0.2) is 18.2 Å². The Balaban J connectivity index is 2.92. The monoisotopic (exact) mass is 277 g/mol. The molecule has 6 heteroatoms. The van der Waals surface area contributed by atoms with E-state index in [1.54, 1.807) is 30.1 Å². The van der Waals surface area contributed by atoms with Crippen LogP contribution >= 0.6 is 11.6 Å². The van der Waals surface area contributed by atoms with E-state index in [4.69, 9.17) is 11.6 Å². The highest BCUT2D eigenvalue weighted by molar-refractivity contribution is 7.90. The van der Waals surface area contributed by atoms with Gasteiger partial charge in [0.1, 0.15) is 9.84 Å². The Kier molecular flexibility index (Phi) is 4.80. The number of aliphatic hydroxyl groups excluding tert-OH is 1. The van der Waals surface area contributed by atoms with E-state index in [0.29, 0.717) is 22.8 Å². The van der Waals surface area contributed by atoms with Crippen LogP contribution in [0.5, 0.6) is 0 Å². The summed E-state index contributed by atoms with van der Waals surface area (Å²) in [6.45, 7) is 0.217. The highest BCUT2D eigenvalue weighted by atomic mass is 35.5. The van der Waals surface area contributed by atoms with Gasteiger partial charge in [0.2, 0.25) is 0 Å². The second-order valence-electron chi connectivity index (χ2n) is 3.96. The van der Waals surface area contributed by atoms with Crippen molar-refractivity contribution in [3.8, 4) is 0 Å². The minimum atomic E-state index is -3.01. The first-order chi connectivity index (χ1) is 7.85. The van der Waals surface area contributed by atoms with Crippen molar-refractivity contribution in [1.82, 2.24) is 0 Å². The van der Waals surface area contributed by atoms with Crippen LogP contribution in [0, 0.1) is 0 Å². The van der Waals surface area contributed by atoms with Crippen molar-refractivity contribution in [3.05, 3.63) is 28.8 Å². The molecule has 0 fully saturated rings. The average molecular weight is 278 g/mol. The van der Waals surface area contributed by atoms with E-state index in [1.165, 1.54) is 6.26 Å². The predicted molar refractivity (Wildman–Crippen MR) is 70.4 cm³/mol. The van der Waals surface area contributed by atoms with Gasteiger partial charge in [0.05, 0.1) is 23.1 Å². The van der Waals surface area contributed by atoms with Crippen molar-refractivity contribution in [2.75, 3.05) is 30.5 Å². The van der Waals surface area contributed by atoms with Crippen LogP contribution in [-0.2, 0) is 16.4 Å². The molecule has 0 radical (unpaired) electrons. The molecule has 96 valence electrons. The van der Waals surface area contributed by atoms with Gasteiger partial charge in [-0.05, 0) is 6.07 Å². The second kappa shape index (κ2) is 5.71. The van der Waals surface area contributed by atoms with Crippen molar-refractivity contribution in [2.24, 2.45) is 0 Å². The summed E-state index contributed by atoms with van der Waals surface area (Å²) in [5.41, 5.74) is 1.37. The molecule has 0 spiro atoms. The Morgan fingerprint density at radius 3 is 2.59 bits per heavy atom. The lowest BCUT2D eigenvalue weighted by molar-refractivity contribution is 0.282. The standard InChI is InChI=1S/C11H16ClNO3S/c1-13(6-7-17(2,15)16)11-9(8-14)4-3-5-10(11)12/h3-5,14H,6-8H2,1-2H3. The van der Waals surface area contributed by atoms with Crippen molar-refractivity contribution in [3.63, 3.8) is 0 Å². The molecule has 0 bridgehead atoms. The number of sulfone groups is 1. The third-order valence-electron chi connectivity index (χ3n) is 2.42. The number of hydrogen-bond donors (Lipinski definition) is 1. The molecule has 1 rings (SSSR count). The molecule has 0 aromatic heterocycles. The lowest BCUT2D eigenvalue weighted by Gasteiger charge is -2.22. The highest BCUT2D eigenvalue weighted by Gasteiger charge is 2.12. The van der Waals surface area contributed by atoms with Gasteiger partial charge in [-0.2, -0.15) is 0 Å². The maximum atomic E-state index is 11.1. The molecular weight excluding hydrogens is 262 g/mol. The average Bonchev–Trinajstić information content (AvgIpc) is 2.24. The van der Waals surface area contributed by atoms with Gasteiger partial charge in [-0.1, -0.05) is 23.7 Å². The molecule has 4 nitrogen and oxygen atoms in total. The Morgan fingerprint density at radius 1 is 1.41 bits per heavy atom. The molecule has 0 atom stereocenters. The first kappa shape index (κ1) is 14.3. The molecule has 1 aromatic rings. The summed E-state index contributed by atoms with van der Waals surface area (Å²) in [6.07, 6.45) is 1.19. The number of aliphatic hydroxyl groups is 1. The van der Waals surface area contributed by atoms with Crippen molar-refractivity contribution in [1.29, 1.82) is 0 Å². The fourth-order valence-electron chi connectivity index (χ4n) is 1.53. The Morgan fingerprint density at radius 2 is 2.06 bits per heavy atom. The molecule has 0 heterocycles. The minimum absolute atomic E-state index is 0.0552. The normalized spacial score (nSPS) is 11.5. The number of hydrogen-bond acceptors (Lipinski definition) is 4. The van der Waals surface area contributed by atoms with Gasteiger partial charge in [-0.15, -0.1) is 0 Å². The summed E-state index contributed by atoms with van der Waals surface area (Å²) in [7, 11) is -1.25. The quantitative estimate of drug-likeness (QED) is 0.882. The van der Waals surface area contributed by atoms with E-state index < -0.39 is 9.84 Å². The Hall–Kier alpha value is -0.780. The molecule has 17 heavy (non-hydrogen) atoms. The van der Waals surface area contributed by atoms with E-state index in [2.05, 4.69) is 0 Å². The summed E-state index contributed by atoms with van der Waals surface area (Å²) in [5, 5.41) is 9.72. The van der Waals surface area contributed by atoms with Crippen molar-refractivity contribution < 1.29 is 13.5 Å². The first-order valence-corrected chi connectivity index (χ1v) is 7.56. The summed E-state index contributed by atoms with van der Waals surface area (Å²) in [4.78, 5) is 1.74. The Labute approximate surface area is 107 Å². The fraction of sp³-hybridized carbons (Fsp3) is 0.455. The summed E-state index contributed by atoms with van der Waals surface area (Å²) in [6, 6.07) is 5.23. The van der Waals surface area contributed by atoms with E-state index >= 15 is 0 Å².